The number of aliphatic hydroxyl groups is 1. The molecule has 0 spiro atoms. The first-order valence-corrected chi connectivity index (χ1v) is 10.00. The lowest BCUT2D eigenvalue weighted by Gasteiger charge is -2.29. The van der Waals surface area contributed by atoms with Crippen LogP contribution < -0.4 is 16.4 Å². The molecule has 0 saturated carbocycles. The molecule has 0 aromatic carbocycles. The van der Waals surface area contributed by atoms with Gasteiger partial charge in [0.2, 0.25) is 17.7 Å². The molecule has 166 valence electrons. The quantitative estimate of drug-likeness (QED) is 0.308. The van der Waals surface area contributed by atoms with Crippen LogP contribution >= 0.6 is 0 Å². The zero-order chi connectivity index (χ0) is 22.3. The molecule has 1 aliphatic heterocycles. The van der Waals surface area contributed by atoms with E-state index in [1.165, 1.54) is 4.90 Å². The van der Waals surface area contributed by atoms with Crippen molar-refractivity contribution in [2.75, 3.05) is 13.2 Å². The van der Waals surface area contributed by atoms with Crippen LogP contribution in [0.5, 0.6) is 0 Å². The number of carboxylic acids is 1. The van der Waals surface area contributed by atoms with Gasteiger partial charge in [-0.2, -0.15) is 0 Å². The van der Waals surface area contributed by atoms with Crippen LogP contribution in [0.3, 0.4) is 0 Å². The van der Waals surface area contributed by atoms with Gasteiger partial charge in [0.25, 0.3) is 0 Å². The van der Waals surface area contributed by atoms with Crippen LogP contribution in [0.15, 0.2) is 0 Å². The van der Waals surface area contributed by atoms with Gasteiger partial charge < -0.3 is 31.5 Å². The van der Waals surface area contributed by atoms with E-state index in [9.17, 15) is 29.4 Å². The van der Waals surface area contributed by atoms with Crippen molar-refractivity contribution in [3.8, 4) is 0 Å². The molecule has 1 saturated heterocycles. The lowest BCUT2D eigenvalue weighted by atomic mass is 10.0. The standard InChI is InChI=1S/C19H34N4O6/c1-10(2)8-12(18(27)23-7-5-6-14(23)19(28)29)21-16(25)13(9-24)22-17(26)15(20)11(3)4/h10-15,24H,5-9,20H2,1-4H3,(H,21,25)(H,22,26)(H,28,29)/t12-,13-,14-,15-/m0/s1. The molecule has 10 nitrogen and oxygen atoms in total. The van der Waals surface area contributed by atoms with Gasteiger partial charge in [0.05, 0.1) is 12.6 Å². The molecular weight excluding hydrogens is 380 g/mol. The summed E-state index contributed by atoms with van der Waals surface area (Å²) in [5, 5.41) is 23.8. The summed E-state index contributed by atoms with van der Waals surface area (Å²) in [7, 11) is 0. The number of nitrogens with zero attached hydrogens (tertiary/aromatic N) is 1. The summed E-state index contributed by atoms with van der Waals surface area (Å²) in [5.74, 6) is -2.96. The molecule has 3 amide bonds. The Balaban J connectivity index is 2.90. The SMILES string of the molecule is CC(C)C[C@H](NC(=O)[C@H](CO)NC(=O)[C@@H](N)C(C)C)C(=O)N1CCC[C@H]1C(=O)O. The first-order chi connectivity index (χ1) is 13.5. The van der Waals surface area contributed by atoms with Crippen molar-refractivity contribution >= 4 is 23.7 Å². The van der Waals surface area contributed by atoms with Gasteiger partial charge in [-0.3, -0.25) is 14.4 Å². The number of nitrogens with one attached hydrogen (secondary N) is 2. The van der Waals surface area contributed by atoms with Crippen LogP contribution in [-0.2, 0) is 19.2 Å². The Kier molecular flexibility index (Phi) is 9.51. The van der Waals surface area contributed by atoms with E-state index in [4.69, 9.17) is 5.73 Å². The summed E-state index contributed by atoms with van der Waals surface area (Å²) >= 11 is 0. The predicted octanol–water partition coefficient (Wildman–Crippen LogP) is -0.947. The molecular formula is C19H34N4O6. The number of rotatable bonds is 10. The van der Waals surface area contributed by atoms with Crippen molar-refractivity contribution in [3.05, 3.63) is 0 Å². The Labute approximate surface area is 171 Å². The number of aliphatic carboxylic acids is 1. The second-order valence-corrected chi connectivity index (χ2v) is 8.23. The van der Waals surface area contributed by atoms with Gasteiger partial charge in [-0.1, -0.05) is 27.7 Å². The van der Waals surface area contributed by atoms with Gasteiger partial charge >= 0.3 is 5.97 Å². The van der Waals surface area contributed by atoms with E-state index in [1.54, 1.807) is 13.8 Å². The highest BCUT2D eigenvalue weighted by atomic mass is 16.4. The normalized spacial score (nSPS) is 19.7. The number of hydrogen-bond donors (Lipinski definition) is 5. The fraction of sp³-hybridized carbons (Fsp3) is 0.789. The summed E-state index contributed by atoms with van der Waals surface area (Å²) in [6.07, 6.45) is 1.24. The Hall–Kier alpha value is -2.20. The Morgan fingerprint density at radius 3 is 2.14 bits per heavy atom. The van der Waals surface area contributed by atoms with Crippen LogP contribution in [0, 0.1) is 11.8 Å². The van der Waals surface area contributed by atoms with Crippen molar-refractivity contribution in [1.29, 1.82) is 0 Å². The Bertz CT molecular complexity index is 610. The number of aliphatic hydroxyl groups excluding tert-OH is 1. The largest absolute Gasteiger partial charge is 0.480 e. The topological polar surface area (TPSA) is 162 Å². The van der Waals surface area contributed by atoms with Gasteiger partial charge in [-0.25, -0.2) is 4.79 Å². The average Bonchev–Trinajstić information content (AvgIpc) is 3.13. The van der Waals surface area contributed by atoms with Gasteiger partial charge in [-0.15, -0.1) is 0 Å². The zero-order valence-electron chi connectivity index (χ0n) is 17.6. The number of amides is 3. The van der Waals surface area contributed by atoms with E-state index in [0.29, 0.717) is 25.8 Å². The molecule has 1 fully saturated rings. The molecule has 0 aromatic heterocycles. The third-order valence-electron chi connectivity index (χ3n) is 4.98. The number of carbonyl (C=O) groups is 4. The van der Waals surface area contributed by atoms with E-state index < -0.39 is 54.5 Å². The lowest BCUT2D eigenvalue weighted by molar-refractivity contribution is -0.149. The number of carboxylic acid groups (broad SMARTS) is 1. The van der Waals surface area contributed by atoms with Gasteiger partial charge in [0.1, 0.15) is 18.1 Å². The summed E-state index contributed by atoms with van der Waals surface area (Å²) in [6, 6.07) is -3.96. The van der Waals surface area contributed by atoms with Crippen LogP contribution in [-0.4, -0.2) is 76.1 Å². The summed E-state index contributed by atoms with van der Waals surface area (Å²) in [4.78, 5) is 50.3. The van der Waals surface area contributed by atoms with E-state index >= 15 is 0 Å². The van der Waals surface area contributed by atoms with Crippen LogP contribution in [0.25, 0.3) is 0 Å². The molecule has 0 radical (unpaired) electrons. The fourth-order valence-corrected chi connectivity index (χ4v) is 3.22. The summed E-state index contributed by atoms with van der Waals surface area (Å²) in [5.41, 5.74) is 5.76. The van der Waals surface area contributed by atoms with Crippen LogP contribution in [0.4, 0.5) is 0 Å². The molecule has 4 atom stereocenters. The molecule has 0 aromatic rings. The predicted molar refractivity (Wildman–Crippen MR) is 106 cm³/mol. The van der Waals surface area contributed by atoms with Gasteiger partial charge in [0, 0.05) is 6.54 Å². The number of likely N-dealkylation sites (tertiary alicyclic amines) is 1. The second kappa shape index (κ2) is 11.1. The van der Waals surface area contributed by atoms with Crippen molar-refractivity contribution in [2.45, 2.75) is 71.1 Å². The maximum absolute atomic E-state index is 12.9. The van der Waals surface area contributed by atoms with E-state index in [-0.39, 0.29) is 11.8 Å². The molecule has 1 heterocycles. The molecule has 29 heavy (non-hydrogen) atoms. The van der Waals surface area contributed by atoms with E-state index in [0.717, 1.165) is 0 Å². The molecule has 1 aliphatic rings. The monoisotopic (exact) mass is 414 g/mol. The highest BCUT2D eigenvalue weighted by Crippen LogP contribution is 2.20. The van der Waals surface area contributed by atoms with Crippen molar-refractivity contribution in [3.63, 3.8) is 0 Å². The third-order valence-corrected chi connectivity index (χ3v) is 4.98. The molecule has 0 aliphatic carbocycles. The summed E-state index contributed by atoms with van der Waals surface area (Å²) < 4.78 is 0. The first kappa shape index (κ1) is 24.8. The minimum absolute atomic E-state index is 0.0478. The average molecular weight is 415 g/mol. The van der Waals surface area contributed by atoms with E-state index in [1.807, 2.05) is 13.8 Å². The van der Waals surface area contributed by atoms with Gasteiger partial charge in [-0.05, 0) is 31.1 Å². The minimum atomic E-state index is -1.26. The molecule has 10 heteroatoms. The van der Waals surface area contributed by atoms with Crippen molar-refractivity contribution in [2.24, 2.45) is 17.6 Å². The smallest absolute Gasteiger partial charge is 0.326 e. The summed E-state index contributed by atoms with van der Waals surface area (Å²) in [6.45, 7) is 6.90. The zero-order valence-corrected chi connectivity index (χ0v) is 17.6. The minimum Gasteiger partial charge on any atom is -0.480 e. The lowest BCUT2D eigenvalue weighted by Crippen LogP contribution is -2.58. The molecule has 0 bridgehead atoms. The highest BCUT2D eigenvalue weighted by molar-refractivity contribution is 5.94. The number of nitrogens with two attached hydrogens (primary N) is 1. The molecule has 1 rings (SSSR count). The van der Waals surface area contributed by atoms with Crippen molar-refractivity contribution < 1.29 is 29.4 Å². The molecule has 0 unspecified atom stereocenters. The first-order valence-electron chi connectivity index (χ1n) is 10.00. The number of carbonyl (C=O) groups excluding carboxylic acids is 3. The number of hydrogen-bond acceptors (Lipinski definition) is 6. The maximum atomic E-state index is 12.9. The second-order valence-electron chi connectivity index (χ2n) is 8.23. The Morgan fingerprint density at radius 1 is 1.07 bits per heavy atom. The van der Waals surface area contributed by atoms with E-state index in [2.05, 4.69) is 10.6 Å². The highest BCUT2D eigenvalue weighted by Gasteiger charge is 2.38. The van der Waals surface area contributed by atoms with Crippen LogP contribution in [0.1, 0.15) is 47.0 Å². The molecule has 6 N–H and O–H groups in total. The third kappa shape index (κ3) is 6.97. The maximum Gasteiger partial charge on any atom is 0.326 e. The van der Waals surface area contributed by atoms with Crippen molar-refractivity contribution in [1.82, 2.24) is 15.5 Å². The Morgan fingerprint density at radius 2 is 1.66 bits per heavy atom. The fourth-order valence-electron chi connectivity index (χ4n) is 3.22. The van der Waals surface area contributed by atoms with Crippen LogP contribution in [0.2, 0.25) is 0 Å². The van der Waals surface area contributed by atoms with Gasteiger partial charge in [0.15, 0.2) is 0 Å².